The van der Waals surface area contributed by atoms with Gasteiger partial charge in [-0.1, -0.05) is 18.2 Å². The van der Waals surface area contributed by atoms with E-state index < -0.39 is 0 Å². The van der Waals surface area contributed by atoms with Gasteiger partial charge in [-0.3, -0.25) is 14.6 Å². The predicted octanol–water partition coefficient (Wildman–Crippen LogP) is 4.04. The minimum Gasteiger partial charge on any atom is -0.289 e. The minimum atomic E-state index is 0.173. The highest BCUT2D eigenvalue weighted by molar-refractivity contribution is 7.24. The molecule has 1 atom stereocenters. The predicted molar refractivity (Wildman–Crippen MR) is 105 cm³/mol. The van der Waals surface area contributed by atoms with Crippen molar-refractivity contribution in [3.63, 3.8) is 0 Å². The highest BCUT2D eigenvalue weighted by Crippen LogP contribution is 2.28. The zero-order valence-electron chi connectivity index (χ0n) is 14.3. The summed E-state index contributed by atoms with van der Waals surface area (Å²) in [5, 5.41) is 1.72. The topological polar surface area (TPSA) is 23.6 Å². The highest BCUT2D eigenvalue weighted by atomic mass is 32.1. The maximum absolute atomic E-state index is 12.9. The van der Waals surface area contributed by atoms with Crippen molar-refractivity contribution < 1.29 is 0 Å². The van der Waals surface area contributed by atoms with Crippen molar-refractivity contribution in [1.82, 2.24) is 9.80 Å². The molecule has 4 heteroatoms. The molecular weight excluding hydrogens is 328 g/mol. The van der Waals surface area contributed by atoms with Crippen molar-refractivity contribution in [3.8, 4) is 0 Å². The SMILES string of the molecule is O=c1c2ccccc2sc2ccc(CN3CCCN4CCCC43)cc12. The number of rotatable bonds is 2. The fraction of sp³-hybridized carbons (Fsp3) is 0.381. The average Bonchev–Trinajstić information content (AvgIpc) is 3.12. The molecule has 0 bridgehead atoms. The Kier molecular flexibility index (Phi) is 3.85. The van der Waals surface area contributed by atoms with Gasteiger partial charge in [0.15, 0.2) is 5.43 Å². The van der Waals surface area contributed by atoms with E-state index in [-0.39, 0.29) is 5.43 Å². The van der Waals surface area contributed by atoms with E-state index in [4.69, 9.17) is 0 Å². The normalized spacial score (nSPS) is 21.8. The van der Waals surface area contributed by atoms with Crippen LogP contribution in [0.2, 0.25) is 0 Å². The fourth-order valence-electron chi connectivity index (χ4n) is 4.48. The molecule has 0 amide bonds. The third kappa shape index (κ3) is 2.69. The van der Waals surface area contributed by atoms with Crippen LogP contribution in [0.5, 0.6) is 0 Å². The molecule has 3 aromatic rings. The molecule has 128 valence electrons. The van der Waals surface area contributed by atoms with Crippen molar-refractivity contribution in [2.24, 2.45) is 0 Å². The lowest BCUT2D eigenvalue weighted by Crippen LogP contribution is -2.49. The molecule has 0 saturated carbocycles. The van der Waals surface area contributed by atoms with Crippen LogP contribution in [0.25, 0.3) is 20.2 Å². The maximum atomic E-state index is 12.9. The second kappa shape index (κ2) is 6.20. The Labute approximate surface area is 151 Å². The summed E-state index contributed by atoms with van der Waals surface area (Å²) in [5.74, 6) is 0. The van der Waals surface area contributed by atoms with Crippen LogP contribution in [0, 0.1) is 0 Å². The van der Waals surface area contributed by atoms with Crippen molar-refractivity contribution in [2.75, 3.05) is 19.6 Å². The number of nitrogens with zero attached hydrogens (tertiary/aromatic N) is 2. The van der Waals surface area contributed by atoms with Crippen LogP contribution < -0.4 is 5.43 Å². The number of hydrogen-bond donors (Lipinski definition) is 0. The van der Waals surface area contributed by atoms with Crippen molar-refractivity contribution in [1.29, 1.82) is 0 Å². The Hall–Kier alpha value is -1.75. The van der Waals surface area contributed by atoms with Crippen molar-refractivity contribution >= 4 is 31.5 Å². The first kappa shape index (κ1) is 15.5. The molecule has 0 radical (unpaired) electrons. The van der Waals surface area contributed by atoms with E-state index in [1.165, 1.54) is 44.5 Å². The third-order valence-electron chi connectivity index (χ3n) is 5.67. The molecule has 1 aromatic heterocycles. The zero-order chi connectivity index (χ0) is 16.8. The van der Waals surface area contributed by atoms with Gasteiger partial charge in [0.1, 0.15) is 0 Å². The zero-order valence-corrected chi connectivity index (χ0v) is 15.1. The summed E-state index contributed by atoms with van der Waals surface area (Å²) in [6, 6.07) is 14.4. The standard InChI is InChI=1S/C21H22N2OS/c24-21-16-5-1-2-6-18(16)25-19-9-8-15(13-17(19)21)14-23-12-4-11-22-10-3-7-20(22)23/h1-2,5-6,8-9,13,20H,3-4,7,10-12,14H2. The lowest BCUT2D eigenvalue weighted by atomic mass is 10.1. The molecule has 25 heavy (non-hydrogen) atoms. The molecule has 1 unspecified atom stereocenters. The van der Waals surface area contributed by atoms with E-state index in [0.717, 1.165) is 26.7 Å². The van der Waals surface area contributed by atoms with Gasteiger partial charge in [-0.05, 0) is 55.6 Å². The molecule has 2 saturated heterocycles. The van der Waals surface area contributed by atoms with Crippen LogP contribution in [0.3, 0.4) is 0 Å². The van der Waals surface area contributed by atoms with Crippen LogP contribution in [0.4, 0.5) is 0 Å². The van der Waals surface area contributed by atoms with Gasteiger partial charge >= 0.3 is 0 Å². The maximum Gasteiger partial charge on any atom is 0.195 e. The Balaban J connectivity index is 1.53. The number of benzene rings is 2. The first-order valence-corrected chi connectivity index (χ1v) is 10.0. The molecule has 2 aliphatic heterocycles. The van der Waals surface area contributed by atoms with Gasteiger partial charge in [0.2, 0.25) is 0 Å². The number of fused-ring (bicyclic) bond motifs is 3. The summed E-state index contributed by atoms with van der Waals surface area (Å²) in [4.78, 5) is 18.1. The molecule has 0 aliphatic carbocycles. The van der Waals surface area contributed by atoms with Gasteiger partial charge < -0.3 is 0 Å². The van der Waals surface area contributed by atoms with Crippen LogP contribution in [0.1, 0.15) is 24.8 Å². The molecular formula is C21H22N2OS. The molecule has 0 spiro atoms. The second-order valence-electron chi connectivity index (χ2n) is 7.24. The van der Waals surface area contributed by atoms with Gasteiger partial charge in [0.05, 0.1) is 6.17 Å². The molecule has 0 N–H and O–H groups in total. The Morgan fingerprint density at radius 2 is 1.80 bits per heavy atom. The van der Waals surface area contributed by atoms with E-state index in [0.29, 0.717) is 6.17 Å². The second-order valence-corrected chi connectivity index (χ2v) is 8.32. The quantitative estimate of drug-likeness (QED) is 0.652. The first-order chi connectivity index (χ1) is 12.3. The van der Waals surface area contributed by atoms with E-state index in [9.17, 15) is 4.79 Å². The summed E-state index contributed by atoms with van der Waals surface area (Å²) in [6.45, 7) is 4.62. The van der Waals surface area contributed by atoms with Crippen LogP contribution in [-0.4, -0.2) is 35.6 Å². The Bertz CT molecular complexity index is 996. The van der Waals surface area contributed by atoms with Crippen LogP contribution >= 0.6 is 11.3 Å². The number of hydrogen-bond acceptors (Lipinski definition) is 4. The van der Waals surface area contributed by atoms with Crippen molar-refractivity contribution in [3.05, 3.63) is 58.3 Å². The lowest BCUT2D eigenvalue weighted by molar-refractivity contribution is 0.0287. The summed E-state index contributed by atoms with van der Waals surface area (Å²) >= 11 is 1.71. The molecule has 5 rings (SSSR count). The van der Waals surface area contributed by atoms with Gasteiger partial charge in [0.25, 0.3) is 0 Å². The van der Waals surface area contributed by atoms with Crippen LogP contribution in [-0.2, 0) is 6.54 Å². The van der Waals surface area contributed by atoms with E-state index in [1.54, 1.807) is 11.3 Å². The van der Waals surface area contributed by atoms with Gasteiger partial charge in [-0.2, -0.15) is 0 Å². The van der Waals surface area contributed by atoms with E-state index >= 15 is 0 Å². The summed E-state index contributed by atoms with van der Waals surface area (Å²) in [6.07, 6.45) is 4.46. The fourth-order valence-corrected chi connectivity index (χ4v) is 5.53. The van der Waals surface area contributed by atoms with E-state index in [1.807, 2.05) is 24.3 Å². The monoisotopic (exact) mass is 350 g/mol. The van der Waals surface area contributed by atoms with Gasteiger partial charge in [-0.15, -0.1) is 11.3 Å². The van der Waals surface area contributed by atoms with Gasteiger partial charge in [0, 0.05) is 39.8 Å². The van der Waals surface area contributed by atoms with Crippen LogP contribution in [0.15, 0.2) is 47.3 Å². The third-order valence-corrected chi connectivity index (χ3v) is 6.82. The largest absolute Gasteiger partial charge is 0.289 e. The summed E-state index contributed by atoms with van der Waals surface area (Å²) in [7, 11) is 0. The summed E-state index contributed by atoms with van der Waals surface area (Å²) < 4.78 is 2.17. The summed E-state index contributed by atoms with van der Waals surface area (Å²) in [5.41, 5.74) is 1.44. The first-order valence-electron chi connectivity index (χ1n) is 9.22. The Morgan fingerprint density at radius 3 is 2.76 bits per heavy atom. The molecule has 3 heterocycles. The Morgan fingerprint density at radius 1 is 0.960 bits per heavy atom. The molecule has 2 aliphatic rings. The molecule has 2 aromatic carbocycles. The average molecular weight is 350 g/mol. The molecule has 3 nitrogen and oxygen atoms in total. The van der Waals surface area contributed by atoms with Crippen molar-refractivity contribution in [2.45, 2.75) is 32.0 Å². The van der Waals surface area contributed by atoms with Gasteiger partial charge in [-0.25, -0.2) is 0 Å². The molecule has 2 fully saturated rings. The lowest BCUT2D eigenvalue weighted by Gasteiger charge is -2.40. The minimum absolute atomic E-state index is 0.173. The smallest absolute Gasteiger partial charge is 0.195 e. The van der Waals surface area contributed by atoms with E-state index in [2.05, 4.69) is 28.0 Å². The highest BCUT2D eigenvalue weighted by Gasteiger charge is 2.32.